The molecule has 6 heteroatoms. The number of aliphatic hydroxyl groups is 1. The van der Waals surface area contributed by atoms with Gasteiger partial charge in [-0.25, -0.2) is 15.0 Å². The van der Waals surface area contributed by atoms with Gasteiger partial charge in [0, 0.05) is 24.3 Å². The minimum absolute atomic E-state index is 0.568. The molecule has 3 aromatic rings. The van der Waals surface area contributed by atoms with Crippen molar-refractivity contribution in [3.8, 4) is 10.4 Å². The molecule has 0 unspecified atom stereocenters. The fourth-order valence-corrected chi connectivity index (χ4v) is 3.18. The first-order chi connectivity index (χ1) is 11.3. The van der Waals surface area contributed by atoms with Crippen molar-refractivity contribution in [2.24, 2.45) is 0 Å². The van der Waals surface area contributed by atoms with Crippen LogP contribution in [0.4, 0.5) is 11.6 Å². The molecule has 0 aliphatic heterocycles. The number of aromatic nitrogens is 3. The van der Waals surface area contributed by atoms with Crippen LogP contribution in [0.15, 0.2) is 36.8 Å². The van der Waals surface area contributed by atoms with Gasteiger partial charge in [-0.15, -0.1) is 11.3 Å². The molecule has 2 N–H and O–H groups in total. The molecule has 0 radical (unpaired) electrons. The van der Waals surface area contributed by atoms with Crippen LogP contribution in [0.3, 0.4) is 0 Å². The van der Waals surface area contributed by atoms with Crippen molar-refractivity contribution < 1.29 is 5.11 Å². The molecule has 0 bridgehead atoms. The van der Waals surface area contributed by atoms with Crippen molar-refractivity contribution >= 4 is 23.0 Å². The average molecular weight is 340 g/mol. The second-order valence-electron chi connectivity index (χ2n) is 6.39. The highest BCUT2D eigenvalue weighted by molar-refractivity contribution is 7.15. The van der Waals surface area contributed by atoms with Gasteiger partial charge in [-0.3, -0.25) is 0 Å². The Hall–Kier alpha value is -2.31. The third kappa shape index (κ3) is 3.77. The van der Waals surface area contributed by atoms with Crippen molar-refractivity contribution in [2.75, 3.05) is 5.32 Å². The summed E-state index contributed by atoms with van der Waals surface area (Å²) in [4.78, 5) is 13.9. The molecule has 0 spiro atoms. The highest BCUT2D eigenvalue weighted by Gasteiger charge is 2.20. The first-order valence-corrected chi connectivity index (χ1v) is 8.49. The van der Waals surface area contributed by atoms with E-state index < -0.39 is 5.60 Å². The first-order valence-electron chi connectivity index (χ1n) is 7.68. The molecule has 0 amide bonds. The lowest BCUT2D eigenvalue weighted by molar-refractivity contribution is 0.0783. The van der Waals surface area contributed by atoms with Gasteiger partial charge < -0.3 is 10.4 Å². The Morgan fingerprint density at radius 2 is 1.67 bits per heavy atom. The van der Waals surface area contributed by atoms with Crippen LogP contribution < -0.4 is 5.32 Å². The number of benzene rings is 1. The molecule has 0 fully saturated rings. The quantitative estimate of drug-likeness (QED) is 0.745. The topological polar surface area (TPSA) is 70.9 Å². The molecule has 0 aliphatic carbocycles. The van der Waals surface area contributed by atoms with E-state index >= 15 is 0 Å². The monoisotopic (exact) mass is 340 g/mol. The van der Waals surface area contributed by atoms with E-state index in [9.17, 15) is 5.11 Å². The summed E-state index contributed by atoms with van der Waals surface area (Å²) < 4.78 is 0. The van der Waals surface area contributed by atoms with E-state index in [-0.39, 0.29) is 0 Å². The third-order valence-corrected chi connectivity index (χ3v) is 4.79. The Kier molecular flexibility index (Phi) is 4.34. The number of hydrogen-bond acceptors (Lipinski definition) is 6. The smallest absolute Gasteiger partial charge is 0.227 e. The van der Waals surface area contributed by atoms with Crippen LogP contribution in [0.5, 0.6) is 0 Å². The molecule has 0 saturated carbocycles. The SMILES string of the molecule is Cc1cnc(Nc2cc(C)cc(-c3cnc(C(C)(C)O)s3)c2)nc1. The minimum atomic E-state index is -0.927. The van der Waals surface area contributed by atoms with E-state index in [1.54, 1.807) is 32.4 Å². The number of hydrogen-bond donors (Lipinski definition) is 2. The first kappa shape index (κ1) is 16.5. The van der Waals surface area contributed by atoms with Crippen molar-refractivity contribution in [1.82, 2.24) is 15.0 Å². The second-order valence-corrected chi connectivity index (χ2v) is 7.42. The molecule has 5 nitrogen and oxygen atoms in total. The van der Waals surface area contributed by atoms with Gasteiger partial charge in [0.25, 0.3) is 0 Å². The largest absolute Gasteiger partial charge is 0.383 e. The Morgan fingerprint density at radius 1 is 0.958 bits per heavy atom. The Balaban J connectivity index is 1.91. The maximum Gasteiger partial charge on any atom is 0.227 e. The predicted octanol–water partition coefficient (Wildman–Crippen LogP) is 4.19. The number of rotatable bonds is 4. The zero-order chi connectivity index (χ0) is 17.3. The van der Waals surface area contributed by atoms with Crippen LogP contribution >= 0.6 is 11.3 Å². The van der Waals surface area contributed by atoms with Crippen molar-refractivity contribution in [3.05, 3.63) is 52.9 Å². The molecule has 124 valence electrons. The molecule has 3 rings (SSSR count). The summed E-state index contributed by atoms with van der Waals surface area (Å²) >= 11 is 1.50. The highest BCUT2D eigenvalue weighted by Crippen LogP contribution is 2.33. The van der Waals surface area contributed by atoms with Gasteiger partial charge in [0.15, 0.2) is 0 Å². The van der Waals surface area contributed by atoms with E-state index in [2.05, 4.69) is 26.3 Å². The highest BCUT2D eigenvalue weighted by atomic mass is 32.1. The molecule has 0 saturated heterocycles. The summed E-state index contributed by atoms with van der Waals surface area (Å²) in [5, 5.41) is 14.0. The van der Waals surface area contributed by atoms with Gasteiger partial charge in [-0.05, 0) is 56.5 Å². The maximum atomic E-state index is 10.1. The summed E-state index contributed by atoms with van der Waals surface area (Å²) in [6, 6.07) is 6.19. The fraction of sp³-hybridized carbons (Fsp3) is 0.278. The predicted molar refractivity (Wildman–Crippen MR) is 97.6 cm³/mol. The molecular formula is C18H20N4OS. The van der Waals surface area contributed by atoms with E-state index in [1.165, 1.54) is 11.3 Å². The zero-order valence-electron chi connectivity index (χ0n) is 14.2. The van der Waals surface area contributed by atoms with E-state index in [0.717, 1.165) is 27.3 Å². The number of thiazole rings is 1. The molecule has 0 aliphatic rings. The Bertz CT molecular complexity index is 850. The Labute approximate surface area is 145 Å². The van der Waals surface area contributed by atoms with Gasteiger partial charge in [0.05, 0.1) is 4.88 Å². The number of nitrogens with one attached hydrogen (secondary N) is 1. The zero-order valence-corrected chi connectivity index (χ0v) is 15.0. The average Bonchev–Trinajstić information content (AvgIpc) is 2.99. The lowest BCUT2D eigenvalue weighted by Crippen LogP contribution is -2.14. The van der Waals surface area contributed by atoms with Crippen LogP contribution in [-0.4, -0.2) is 20.1 Å². The second kappa shape index (κ2) is 6.30. The van der Waals surface area contributed by atoms with Crippen LogP contribution in [0, 0.1) is 13.8 Å². The molecule has 2 heterocycles. The lowest BCUT2D eigenvalue weighted by Gasteiger charge is -2.12. The van der Waals surface area contributed by atoms with Crippen LogP contribution in [0.1, 0.15) is 30.0 Å². The van der Waals surface area contributed by atoms with Gasteiger partial charge >= 0.3 is 0 Å². The van der Waals surface area contributed by atoms with Gasteiger partial charge in [0.2, 0.25) is 5.95 Å². The molecule has 2 aromatic heterocycles. The summed E-state index contributed by atoms with van der Waals surface area (Å²) in [5.41, 5.74) is 3.20. The van der Waals surface area contributed by atoms with E-state index in [1.807, 2.05) is 26.0 Å². The number of nitrogens with zero attached hydrogens (tertiary/aromatic N) is 3. The van der Waals surface area contributed by atoms with Crippen LogP contribution in [0.25, 0.3) is 10.4 Å². The van der Waals surface area contributed by atoms with Gasteiger partial charge in [0.1, 0.15) is 10.6 Å². The summed E-state index contributed by atoms with van der Waals surface area (Å²) in [6.07, 6.45) is 5.37. The van der Waals surface area contributed by atoms with E-state index in [0.29, 0.717) is 11.0 Å². The fourth-order valence-electron chi connectivity index (χ4n) is 2.27. The van der Waals surface area contributed by atoms with Crippen LogP contribution in [-0.2, 0) is 5.60 Å². The summed E-state index contributed by atoms with van der Waals surface area (Å²) in [5.74, 6) is 0.568. The molecule has 1 aromatic carbocycles. The summed E-state index contributed by atoms with van der Waals surface area (Å²) in [7, 11) is 0. The van der Waals surface area contributed by atoms with Crippen molar-refractivity contribution in [3.63, 3.8) is 0 Å². The maximum absolute atomic E-state index is 10.1. The molecular weight excluding hydrogens is 320 g/mol. The van der Waals surface area contributed by atoms with Crippen LogP contribution in [0.2, 0.25) is 0 Å². The normalized spacial score (nSPS) is 11.5. The number of aryl methyl sites for hydroxylation is 2. The van der Waals surface area contributed by atoms with Crippen molar-refractivity contribution in [2.45, 2.75) is 33.3 Å². The Morgan fingerprint density at radius 3 is 2.29 bits per heavy atom. The van der Waals surface area contributed by atoms with Gasteiger partial charge in [-0.1, -0.05) is 6.07 Å². The van der Waals surface area contributed by atoms with E-state index in [4.69, 9.17) is 0 Å². The van der Waals surface area contributed by atoms with Crippen molar-refractivity contribution in [1.29, 1.82) is 0 Å². The summed E-state index contributed by atoms with van der Waals surface area (Å²) in [6.45, 7) is 7.49. The standard InChI is InChI=1S/C18H20N4OS/c1-11-5-13(15-10-19-16(24-15)18(3,4)23)7-14(6-11)22-17-20-8-12(2)9-21-17/h5-10,23H,1-4H3,(H,20,21,22). The lowest BCUT2D eigenvalue weighted by atomic mass is 10.1. The third-order valence-electron chi connectivity index (χ3n) is 3.43. The molecule has 24 heavy (non-hydrogen) atoms. The number of anilines is 2. The van der Waals surface area contributed by atoms with Gasteiger partial charge in [-0.2, -0.15) is 0 Å². The molecule has 0 atom stereocenters. The minimum Gasteiger partial charge on any atom is -0.383 e.